The minimum Gasteiger partial charge on any atom is -0.497 e. The zero-order valence-corrected chi connectivity index (χ0v) is 9.62. The van der Waals surface area contributed by atoms with Gasteiger partial charge in [0.25, 0.3) is 0 Å². The SMILES string of the molecule is COc1ccc(OCC(C)(C)CN)cc1. The molecule has 84 valence electrons. The van der Waals surface area contributed by atoms with Crippen LogP contribution in [-0.4, -0.2) is 20.3 Å². The summed E-state index contributed by atoms with van der Waals surface area (Å²) in [6.07, 6.45) is 0. The van der Waals surface area contributed by atoms with Crippen LogP contribution in [0.2, 0.25) is 0 Å². The molecule has 0 bridgehead atoms. The Kier molecular flexibility index (Phi) is 3.97. The van der Waals surface area contributed by atoms with Crippen molar-refractivity contribution in [2.45, 2.75) is 13.8 Å². The van der Waals surface area contributed by atoms with Crippen molar-refractivity contribution >= 4 is 0 Å². The predicted molar refractivity (Wildman–Crippen MR) is 61.3 cm³/mol. The van der Waals surface area contributed by atoms with Gasteiger partial charge in [0, 0.05) is 12.0 Å². The summed E-state index contributed by atoms with van der Waals surface area (Å²) >= 11 is 0. The van der Waals surface area contributed by atoms with E-state index in [1.54, 1.807) is 7.11 Å². The van der Waals surface area contributed by atoms with Crippen LogP contribution in [0.15, 0.2) is 24.3 Å². The van der Waals surface area contributed by atoms with Gasteiger partial charge in [0.2, 0.25) is 0 Å². The van der Waals surface area contributed by atoms with E-state index in [-0.39, 0.29) is 5.41 Å². The highest BCUT2D eigenvalue weighted by Gasteiger charge is 2.16. The Bertz CT molecular complexity index is 293. The van der Waals surface area contributed by atoms with E-state index in [1.165, 1.54) is 0 Å². The first-order chi connectivity index (χ1) is 7.07. The van der Waals surface area contributed by atoms with Gasteiger partial charge in [-0.15, -0.1) is 0 Å². The number of rotatable bonds is 5. The second-order valence-corrected chi connectivity index (χ2v) is 4.33. The molecule has 1 aromatic rings. The highest BCUT2D eigenvalue weighted by Crippen LogP contribution is 2.20. The molecule has 0 unspecified atom stereocenters. The highest BCUT2D eigenvalue weighted by atomic mass is 16.5. The summed E-state index contributed by atoms with van der Waals surface area (Å²) in [6.45, 7) is 5.39. The molecule has 2 N–H and O–H groups in total. The number of methoxy groups -OCH3 is 1. The Hall–Kier alpha value is -1.22. The van der Waals surface area contributed by atoms with E-state index < -0.39 is 0 Å². The Morgan fingerprint density at radius 2 is 1.67 bits per heavy atom. The summed E-state index contributed by atoms with van der Waals surface area (Å²) in [5, 5.41) is 0. The fraction of sp³-hybridized carbons (Fsp3) is 0.500. The van der Waals surface area contributed by atoms with Crippen LogP contribution in [-0.2, 0) is 0 Å². The minimum absolute atomic E-state index is 0.0138. The van der Waals surface area contributed by atoms with Gasteiger partial charge >= 0.3 is 0 Å². The van der Waals surface area contributed by atoms with Gasteiger partial charge in [0.1, 0.15) is 11.5 Å². The maximum Gasteiger partial charge on any atom is 0.119 e. The summed E-state index contributed by atoms with van der Waals surface area (Å²) in [4.78, 5) is 0. The molecule has 0 amide bonds. The monoisotopic (exact) mass is 209 g/mol. The van der Waals surface area contributed by atoms with Gasteiger partial charge in [0.15, 0.2) is 0 Å². The van der Waals surface area contributed by atoms with Gasteiger partial charge in [-0.2, -0.15) is 0 Å². The first kappa shape index (κ1) is 11.9. The topological polar surface area (TPSA) is 44.5 Å². The number of benzene rings is 1. The van der Waals surface area contributed by atoms with Crippen molar-refractivity contribution in [2.24, 2.45) is 11.1 Å². The van der Waals surface area contributed by atoms with Crippen LogP contribution in [0, 0.1) is 5.41 Å². The second-order valence-electron chi connectivity index (χ2n) is 4.33. The Morgan fingerprint density at radius 1 is 1.13 bits per heavy atom. The second kappa shape index (κ2) is 5.03. The van der Waals surface area contributed by atoms with Gasteiger partial charge in [-0.25, -0.2) is 0 Å². The van der Waals surface area contributed by atoms with E-state index in [2.05, 4.69) is 13.8 Å². The number of nitrogens with two attached hydrogens (primary N) is 1. The van der Waals surface area contributed by atoms with Crippen LogP contribution in [0.25, 0.3) is 0 Å². The van der Waals surface area contributed by atoms with Gasteiger partial charge < -0.3 is 15.2 Å². The number of hydrogen-bond acceptors (Lipinski definition) is 3. The lowest BCUT2D eigenvalue weighted by Crippen LogP contribution is -2.30. The van der Waals surface area contributed by atoms with E-state index >= 15 is 0 Å². The van der Waals surface area contributed by atoms with E-state index in [0.717, 1.165) is 11.5 Å². The molecular formula is C12H19NO2. The maximum absolute atomic E-state index is 5.63. The molecule has 0 heterocycles. The molecule has 3 nitrogen and oxygen atoms in total. The van der Waals surface area contributed by atoms with Gasteiger partial charge in [-0.3, -0.25) is 0 Å². The molecule has 0 spiro atoms. The molecule has 0 aliphatic carbocycles. The normalized spacial score (nSPS) is 11.2. The molecule has 0 saturated carbocycles. The highest BCUT2D eigenvalue weighted by molar-refractivity contribution is 5.31. The van der Waals surface area contributed by atoms with Gasteiger partial charge in [-0.05, 0) is 24.3 Å². The van der Waals surface area contributed by atoms with E-state index in [9.17, 15) is 0 Å². The van der Waals surface area contributed by atoms with Crippen molar-refractivity contribution in [3.8, 4) is 11.5 Å². The van der Waals surface area contributed by atoms with Crippen LogP contribution in [0.4, 0.5) is 0 Å². The van der Waals surface area contributed by atoms with E-state index in [4.69, 9.17) is 15.2 Å². The molecule has 0 radical (unpaired) electrons. The van der Waals surface area contributed by atoms with Crippen molar-refractivity contribution in [3.63, 3.8) is 0 Å². The van der Waals surface area contributed by atoms with Crippen molar-refractivity contribution in [1.29, 1.82) is 0 Å². The molecule has 1 rings (SSSR count). The van der Waals surface area contributed by atoms with Crippen molar-refractivity contribution in [1.82, 2.24) is 0 Å². The van der Waals surface area contributed by atoms with Gasteiger partial charge in [0.05, 0.1) is 13.7 Å². The van der Waals surface area contributed by atoms with Crippen molar-refractivity contribution < 1.29 is 9.47 Å². The third kappa shape index (κ3) is 3.80. The third-order valence-electron chi connectivity index (χ3n) is 2.24. The van der Waals surface area contributed by atoms with E-state index in [1.807, 2.05) is 24.3 Å². The minimum atomic E-state index is 0.0138. The van der Waals surface area contributed by atoms with Crippen LogP contribution in [0.3, 0.4) is 0 Å². The Morgan fingerprint density at radius 3 is 2.13 bits per heavy atom. The number of ether oxygens (including phenoxy) is 2. The molecule has 1 aromatic carbocycles. The lowest BCUT2D eigenvalue weighted by atomic mass is 9.95. The van der Waals surface area contributed by atoms with Crippen molar-refractivity contribution in [2.75, 3.05) is 20.3 Å². The summed E-state index contributed by atoms with van der Waals surface area (Å²) in [7, 11) is 1.65. The Balaban J connectivity index is 2.51. The fourth-order valence-corrected chi connectivity index (χ4v) is 1.01. The van der Waals surface area contributed by atoms with Crippen LogP contribution in [0.1, 0.15) is 13.8 Å². The first-order valence-electron chi connectivity index (χ1n) is 5.04. The first-order valence-corrected chi connectivity index (χ1v) is 5.04. The molecule has 0 aliphatic heterocycles. The fourth-order valence-electron chi connectivity index (χ4n) is 1.01. The molecule has 0 atom stereocenters. The van der Waals surface area contributed by atoms with Crippen LogP contribution >= 0.6 is 0 Å². The molecule has 0 saturated heterocycles. The lowest BCUT2D eigenvalue weighted by Gasteiger charge is -2.22. The average molecular weight is 209 g/mol. The molecule has 3 heteroatoms. The van der Waals surface area contributed by atoms with Crippen LogP contribution < -0.4 is 15.2 Å². The quantitative estimate of drug-likeness (QED) is 0.807. The molecule has 0 aromatic heterocycles. The smallest absolute Gasteiger partial charge is 0.119 e. The largest absolute Gasteiger partial charge is 0.497 e. The molecule has 15 heavy (non-hydrogen) atoms. The maximum atomic E-state index is 5.63. The summed E-state index contributed by atoms with van der Waals surface area (Å²) in [6, 6.07) is 7.55. The van der Waals surface area contributed by atoms with Crippen LogP contribution in [0.5, 0.6) is 11.5 Å². The predicted octanol–water partition coefficient (Wildman–Crippen LogP) is 2.06. The van der Waals surface area contributed by atoms with E-state index in [0.29, 0.717) is 13.2 Å². The average Bonchev–Trinajstić information content (AvgIpc) is 2.27. The zero-order valence-electron chi connectivity index (χ0n) is 9.62. The molecule has 0 fully saturated rings. The summed E-state index contributed by atoms with van der Waals surface area (Å²) < 4.78 is 10.7. The Labute approximate surface area is 91.2 Å². The summed E-state index contributed by atoms with van der Waals surface area (Å²) in [5.74, 6) is 1.68. The lowest BCUT2D eigenvalue weighted by molar-refractivity contribution is 0.187. The van der Waals surface area contributed by atoms with Crippen molar-refractivity contribution in [3.05, 3.63) is 24.3 Å². The zero-order chi connectivity index (χ0) is 11.3. The third-order valence-corrected chi connectivity index (χ3v) is 2.24. The standard InChI is InChI=1S/C12H19NO2/c1-12(2,8-13)9-15-11-6-4-10(14-3)5-7-11/h4-7H,8-9,13H2,1-3H3. The van der Waals surface area contributed by atoms with Gasteiger partial charge in [-0.1, -0.05) is 13.8 Å². The number of hydrogen-bond donors (Lipinski definition) is 1. The summed E-state index contributed by atoms with van der Waals surface area (Å²) in [5.41, 5.74) is 5.63. The molecular weight excluding hydrogens is 190 g/mol. The molecule has 0 aliphatic rings.